The molecule has 0 bridgehead atoms. The van der Waals surface area contributed by atoms with E-state index >= 15 is 0 Å². The van der Waals surface area contributed by atoms with Gasteiger partial charge in [-0.2, -0.15) is 0 Å². The molecule has 1 aliphatic rings. The molecule has 1 fully saturated rings. The molecule has 0 atom stereocenters. The van der Waals surface area contributed by atoms with Crippen LogP contribution < -0.4 is 5.69 Å². The number of hydrogen-bond donors (Lipinski definition) is 1. The lowest BCUT2D eigenvalue weighted by molar-refractivity contribution is -0.125. The van der Waals surface area contributed by atoms with Gasteiger partial charge in [-0.25, -0.2) is 19.6 Å². The van der Waals surface area contributed by atoms with E-state index in [0.29, 0.717) is 11.7 Å². The maximum Gasteiger partial charge on any atom is 0.416 e. The van der Waals surface area contributed by atoms with Gasteiger partial charge in [0.25, 0.3) is 0 Å². The molecule has 0 radical (unpaired) electrons. The maximum atomic E-state index is 11.8. The fourth-order valence-corrected chi connectivity index (χ4v) is 2.60. The van der Waals surface area contributed by atoms with Crippen LogP contribution in [0.2, 0.25) is 0 Å². The van der Waals surface area contributed by atoms with Crippen LogP contribution in [0.5, 0.6) is 0 Å². The van der Waals surface area contributed by atoms with Crippen molar-refractivity contribution in [3.63, 3.8) is 0 Å². The average Bonchev–Trinajstić information content (AvgIpc) is 3.00. The lowest BCUT2D eigenvalue weighted by atomic mass is 10.3. The van der Waals surface area contributed by atoms with E-state index in [2.05, 4.69) is 10.2 Å². The molecule has 1 saturated heterocycles. The number of carbonyl (C=O) groups excluding carboxylic acids is 2. The molecule has 0 spiro atoms. The molecule has 1 N–H and O–H groups in total. The van der Waals surface area contributed by atoms with E-state index in [0.717, 1.165) is 29.5 Å². The fourth-order valence-electron chi connectivity index (χ4n) is 1.75. The molecule has 1 aromatic rings. The Hall–Kier alpha value is -1.77. The second-order valence-corrected chi connectivity index (χ2v) is 5.21. The van der Waals surface area contributed by atoms with Gasteiger partial charge in [-0.1, -0.05) is 25.1 Å². The summed E-state index contributed by atoms with van der Waals surface area (Å²) in [5, 5.41) is 6.72. The van der Waals surface area contributed by atoms with E-state index in [-0.39, 0.29) is 30.5 Å². The summed E-state index contributed by atoms with van der Waals surface area (Å²) in [5.74, 6) is -0.291. The molecular formula is C11H16N4O4S. The van der Waals surface area contributed by atoms with E-state index in [1.807, 2.05) is 6.92 Å². The van der Waals surface area contributed by atoms with Gasteiger partial charge in [0.05, 0.1) is 12.3 Å². The van der Waals surface area contributed by atoms with Crippen molar-refractivity contribution >= 4 is 23.8 Å². The highest BCUT2D eigenvalue weighted by atomic mass is 32.2. The van der Waals surface area contributed by atoms with E-state index in [1.165, 1.54) is 4.57 Å². The molecule has 1 aliphatic heterocycles. The molecule has 0 saturated carbocycles. The number of nitrogens with one attached hydrogen (secondary N) is 1. The third-order valence-electron chi connectivity index (χ3n) is 2.85. The average molecular weight is 300 g/mol. The Bertz CT molecular complexity index is 553. The largest absolute Gasteiger partial charge is 0.447 e. The molecular weight excluding hydrogens is 284 g/mol. The zero-order valence-corrected chi connectivity index (χ0v) is 11.9. The third-order valence-corrected chi connectivity index (χ3v) is 3.81. The Morgan fingerprint density at radius 1 is 1.50 bits per heavy atom. The second kappa shape index (κ2) is 6.60. The van der Waals surface area contributed by atoms with Gasteiger partial charge in [0, 0.05) is 6.54 Å². The topological polar surface area (TPSA) is 97.3 Å². The molecule has 9 heteroatoms. The van der Waals surface area contributed by atoms with Crippen molar-refractivity contribution in [3.8, 4) is 0 Å². The molecule has 2 rings (SSSR count). The van der Waals surface area contributed by atoms with E-state index in [9.17, 15) is 14.4 Å². The van der Waals surface area contributed by atoms with Crippen LogP contribution in [-0.4, -0.2) is 50.6 Å². The van der Waals surface area contributed by atoms with Gasteiger partial charge in [-0.15, -0.1) is 5.10 Å². The molecule has 1 aromatic heterocycles. The SMILES string of the molecule is CCCCn1c(SCC(=O)N2CCOC2=O)n[nH]c1=O. The van der Waals surface area contributed by atoms with Crippen molar-refractivity contribution in [2.24, 2.45) is 0 Å². The van der Waals surface area contributed by atoms with Crippen LogP contribution in [0.1, 0.15) is 19.8 Å². The van der Waals surface area contributed by atoms with Crippen molar-refractivity contribution in [3.05, 3.63) is 10.5 Å². The van der Waals surface area contributed by atoms with Gasteiger partial charge < -0.3 is 4.74 Å². The molecule has 0 aliphatic carbocycles. The number of imide groups is 1. The number of thioether (sulfide) groups is 1. The molecule has 0 aromatic carbocycles. The molecule has 8 nitrogen and oxygen atoms in total. The van der Waals surface area contributed by atoms with Crippen molar-refractivity contribution in [1.82, 2.24) is 19.7 Å². The minimum Gasteiger partial charge on any atom is -0.447 e. The number of unbranched alkanes of at least 4 members (excludes halogenated alkanes) is 1. The number of rotatable bonds is 6. The monoisotopic (exact) mass is 300 g/mol. The molecule has 0 unspecified atom stereocenters. The predicted octanol–water partition coefficient (Wildman–Crippen LogP) is 0.442. The number of aromatic nitrogens is 3. The number of ether oxygens (including phenoxy) is 1. The summed E-state index contributed by atoms with van der Waals surface area (Å²) in [7, 11) is 0. The summed E-state index contributed by atoms with van der Waals surface area (Å²) in [5.41, 5.74) is -0.283. The smallest absolute Gasteiger partial charge is 0.416 e. The number of hydrogen-bond acceptors (Lipinski definition) is 6. The van der Waals surface area contributed by atoms with Crippen LogP contribution in [0, 0.1) is 0 Å². The lowest BCUT2D eigenvalue weighted by Crippen LogP contribution is -2.33. The number of H-pyrrole nitrogens is 1. The van der Waals surface area contributed by atoms with Gasteiger partial charge in [-0.05, 0) is 6.42 Å². The zero-order chi connectivity index (χ0) is 14.5. The van der Waals surface area contributed by atoms with Gasteiger partial charge >= 0.3 is 11.8 Å². The Labute approximate surface area is 119 Å². The first-order valence-electron chi connectivity index (χ1n) is 6.38. The summed E-state index contributed by atoms with van der Waals surface area (Å²) < 4.78 is 6.20. The highest BCUT2D eigenvalue weighted by Gasteiger charge is 2.28. The number of nitrogens with zero attached hydrogens (tertiary/aromatic N) is 3. The predicted molar refractivity (Wildman–Crippen MR) is 71.5 cm³/mol. The third kappa shape index (κ3) is 3.21. The standard InChI is InChI=1S/C11H16N4O4S/c1-2-3-4-15-9(17)12-13-10(15)20-7-8(16)14-5-6-19-11(14)18/h2-7H2,1H3,(H,12,17). The number of carbonyl (C=O) groups is 2. The highest BCUT2D eigenvalue weighted by Crippen LogP contribution is 2.16. The van der Waals surface area contributed by atoms with Gasteiger partial charge in [0.1, 0.15) is 6.61 Å². The number of amides is 2. The van der Waals surface area contributed by atoms with Crippen LogP contribution in [0.4, 0.5) is 4.79 Å². The van der Waals surface area contributed by atoms with Crippen LogP contribution in [0.3, 0.4) is 0 Å². The van der Waals surface area contributed by atoms with Crippen LogP contribution in [-0.2, 0) is 16.1 Å². The fraction of sp³-hybridized carbons (Fsp3) is 0.636. The first-order chi connectivity index (χ1) is 9.63. The van der Waals surface area contributed by atoms with Gasteiger partial charge in [0.15, 0.2) is 5.16 Å². The van der Waals surface area contributed by atoms with Crippen molar-refractivity contribution in [1.29, 1.82) is 0 Å². The number of cyclic esters (lactones) is 1. The molecule has 20 heavy (non-hydrogen) atoms. The van der Waals surface area contributed by atoms with E-state index in [1.54, 1.807) is 0 Å². The van der Waals surface area contributed by atoms with E-state index < -0.39 is 6.09 Å². The Kier molecular flexibility index (Phi) is 4.83. The summed E-state index contributed by atoms with van der Waals surface area (Å²) in [4.78, 5) is 35.7. The van der Waals surface area contributed by atoms with Crippen molar-refractivity contribution < 1.29 is 14.3 Å². The van der Waals surface area contributed by atoms with Gasteiger partial charge in [-0.3, -0.25) is 9.36 Å². The summed E-state index contributed by atoms with van der Waals surface area (Å²) in [6.45, 7) is 3.11. The van der Waals surface area contributed by atoms with Crippen molar-refractivity contribution in [2.45, 2.75) is 31.5 Å². The normalized spacial score (nSPS) is 14.7. The zero-order valence-electron chi connectivity index (χ0n) is 11.1. The molecule has 2 amide bonds. The quantitative estimate of drug-likeness (QED) is 0.766. The minimum absolute atomic E-state index is 0.0471. The second-order valence-electron chi connectivity index (χ2n) is 4.26. The van der Waals surface area contributed by atoms with Gasteiger partial charge in [0.2, 0.25) is 5.91 Å². The van der Waals surface area contributed by atoms with Crippen LogP contribution >= 0.6 is 11.8 Å². The Morgan fingerprint density at radius 2 is 2.30 bits per heavy atom. The Balaban J connectivity index is 1.95. The Morgan fingerprint density at radius 3 is 2.95 bits per heavy atom. The summed E-state index contributed by atoms with van der Waals surface area (Å²) in [6, 6.07) is 0. The first-order valence-corrected chi connectivity index (χ1v) is 7.37. The summed E-state index contributed by atoms with van der Waals surface area (Å²) >= 11 is 1.14. The number of aromatic amines is 1. The van der Waals surface area contributed by atoms with Crippen molar-refractivity contribution in [2.75, 3.05) is 18.9 Å². The van der Waals surface area contributed by atoms with Crippen LogP contribution in [0.25, 0.3) is 0 Å². The minimum atomic E-state index is -0.610. The maximum absolute atomic E-state index is 11.8. The van der Waals surface area contributed by atoms with Crippen LogP contribution in [0.15, 0.2) is 9.95 Å². The highest BCUT2D eigenvalue weighted by molar-refractivity contribution is 7.99. The summed E-state index contributed by atoms with van der Waals surface area (Å²) in [6.07, 6.45) is 1.21. The molecule has 110 valence electrons. The molecule has 2 heterocycles. The van der Waals surface area contributed by atoms with E-state index in [4.69, 9.17) is 4.74 Å². The first kappa shape index (κ1) is 14.6. The lowest BCUT2D eigenvalue weighted by Gasteiger charge is -2.10.